The molecule has 2 aromatic rings. The molecule has 0 heterocycles. The van der Waals surface area contributed by atoms with E-state index >= 15 is 0 Å². The molecule has 3 aliphatic carbocycles. The molecule has 3 amide bonds. The second-order valence-electron chi connectivity index (χ2n) is 11.3. The molecule has 18 heteroatoms. The van der Waals surface area contributed by atoms with E-state index in [1.54, 1.807) is 5.32 Å². The predicted octanol–water partition coefficient (Wildman–Crippen LogP) is 3.64. The first-order chi connectivity index (χ1) is 21.6. The van der Waals surface area contributed by atoms with Gasteiger partial charge in [-0.05, 0) is 35.7 Å². The molecule has 0 radical (unpaired) electrons. The number of ketones is 2. The first-order valence-electron chi connectivity index (χ1n) is 13.5. The minimum Gasteiger partial charge on any atom is -0.508 e. The third kappa shape index (κ3) is 5.12. The summed E-state index contributed by atoms with van der Waals surface area (Å²) in [6.07, 6.45) is -13.0. The van der Waals surface area contributed by atoms with Gasteiger partial charge in [0.2, 0.25) is 5.78 Å². The first-order valence-corrected chi connectivity index (χ1v) is 13.5. The van der Waals surface area contributed by atoms with Gasteiger partial charge < -0.3 is 41.9 Å². The zero-order valence-corrected chi connectivity index (χ0v) is 23.6. The number of halogens is 6. The van der Waals surface area contributed by atoms with Gasteiger partial charge in [0.1, 0.15) is 22.8 Å². The summed E-state index contributed by atoms with van der Waals surface area (Å²) in [5, 5.41) is 59.4. The molecule has 0 spiro atoms. The van der Waals surface area contributed by atoms with Crippen LogP contribution in [0.25, 0.3) is 5.76 Å². The molecule has 0 bridgehead atoms. The molecule has 0 aromatic heterocycles. The number of phenols is 1. The van der Waals surface area contributed by atoms with Crippen LogP contribution in [0.3, 0.4) is 0 Å². The van der Waals surface area contributed by atoms with Crippen molar-refractivity contribution < 1.29 is 71.1 Å². The molecule has 0 saturated heterocycles. The van der Waals surface area contributed by atoms with E-state index in [2.05, 4.69) is 0 Å². The van der Waals surface area contributed by atoms with Gasteiger partial charge in [-0.25, -0.2) is 4.79 Å². The van der Waals surface area contributed by atoms with Crippen LogP contribution in [0.2, 0.25) is 0 Å². The molecular formula is C29H23F6N3O9. The van der Waals surface area contributed by atoms with Gasteiger partial charge in [0.25, 0.3) is 5.91 Å². The lowest BCUT2D eigenvalue weighted by Crippen LogP contribution is -2.63. The summed E-state index contributed by atoms with van der Waals surface area (Å²) in [5.74, 6) is -11.4. The SMILES string of the molecule is CC1c2ccc(NC(=O)Nc3cc(C(F)(F)F)cc(C(F)(F)F)c3)c(O)c2C(O)=C2C(=O)C3(O)C(O)=C(C(N)=O)C(=O)CC3C(O)C21. The van der Waals surface area contributed by atoms with Crippen molar-refractivity contribution in [3.8, 4) is 5.75 Å². The number of primary amides is 1. The number of amides is 3. The number of Topliss-reactive ketones (excluding diaryl/α,β-unsaturated/α-hetero) is 2. The Morgan fingerprint density at radius 3 is 2.06 bits per heavy atom. The average molecular weight is 672 g/mol. The van der Waals surface area contributed by atoms with Gasteiger partial charge in [0.05, 0.1) is 28.5 Å². The van der Waals surface area contributed by atoms with Crippen LogP contribution in [0.15, 0.2) is 47.2 Å². The molecule has 47 heavy (non-hydrogen) atoms. The summed E-state index contributed by atoms with van der Waals surface area (Å²) < 4.78 is 79.3. The van der Waals surface area contributed by atoms with Crippen molar-refractivity contribution in [2.75, 3.05) is 10.6 Å². The molecular weight excluding hydrogens is 648 g/mol. The third-order valence-corrected chi connectivity index (χ3v) is 8.59. The molecule has 2 aromatic carbocycles. The van der Waals surface area contributed by atoms with Gasteiger partial charge in [-0.3, -0.25) is 14.4 Å². The molecule has 12 nitrogen and oxygen atoms in total. The highest BCUT2D eigenvalue weighted by molar-refractivity contribution is 6.23. The molecule has 5 atom stereocenters. The Labute approximate surface area is 258 Å². The number of aromatic hydroxyl groups is 1. The fourth-order valence-electron chi connectivity index (χ4n) is 6.41. The monoisotopic (exact) mass is 671 g/mol. The number of nitrogens with two attached hydrogens (primary N) is 1. The quantitative estimate of drug-likeness (QED) is 0.135. The lowest BCUT2D eigenvalue weighted by Gasteiger charge is -2.50. The largest absolute Gasteiger partial charge is 0.508 e. The topological polar surface area (TPSA) is 220 Å². The normalized spacial score (nSPS) is 26.0. The molecule has 3 aliphatic rings. The van der Waals surface area contributed by atoms with Crippen LogP contribution in [0.4, 0.5) is 42.5 Å². The second-order valence-corrected chi connectivity index (χ2v) is 11.3. The fourth-order valence-corrected chi connectivity index (χ4v) is 6.41. The van der Waals surface area contributed by atoms with Crippen molar-refractivity contribution in [3.63, 3.8) is 0 Å². The number of urea groups is 1. The lowest BCUT2D eigenvalue weighted by molar-refractivity contribution is -0.160. The Bertz CT molecular complexity index is 1800. The van der Waals surface area contributed by atoms with Gasteiger partial charge in [0, 0.05) is 29.5 Å². The summed E-state index contributed by atoms with van der Waals surface area (Å²) >= 11 is 0. The van der Waals surface area contributed by atoms with E-state index in [1.807, 2.05) is 5.32 Å². The molecule has 250 valence electrons. The van der Waals surface area contributed by atoms with Gasteiger partial charge in [0.15, 0.2) is 11.4 Å². The van der Waals surface area contributed by atoms with E-state index in [4.69, 9.17) is 5.73 Å². The Hall–Kier alpha value is -5.10. The number of phenolic OH excluding ortho intramolecular Hbond substituents is 1. The van der Waals surface area contributed by atoms with Crippen molar-refractivity contribution in [2.24, 2.45) is 17.6 Å². The Balaban J connectivity index is 1.54. The minimum absolute atomic E-state index is 0.0735. The average Bonchev–Trinajstić information content (AvgIpc) is 2.95. The number of alkyl halides is 6. The number of carbonyl (C=O) groups excluding carboxylic acids is 4. The molecule has 5 rings (SSSR count). The summed E-state index contributed by atoms with van der Waals surface area (Å²) in [4.78, 5) is 50.7. The van der Waals surface area contributed by atoms with Crippen LogP contribution in [-0.2, 0) is 26.7 Å². The molecule has 1 saturated carbocycles. The van der Waals surface area contributed by atoms with E-state index in [0.717, 1.165) is 6.07 Å². The Morgan fingerprint density at radius 1 is 0.957 bits per heavy atom. The number of hydrogen-bond acceptors (Lipinski definition) is 9. The van der Waals surface area contributed by atoms with Gasteiger partial charge in [-0.2, -0.15) is 26.3 Å². The number of fused-ring (bicyclic) bond motifs is 3. The standard InChI is InChI=1S/C29H23F6N3O9/c1-8-12-2-3-14(38-26(46)37-11-5-9(28(30,31)32)4-10(6-11)29(33,34)35)21(41)17(12)22(42)19-16(8)20(40)13-7-15(39)18(25(36)45)23(43)27(13,47)24(19)44/h2-6,8,13,16,20,40-43,47H,7H2,1H3,(H2,36,45)(H2,37,38,46). The van der Waals surface area contributed by atoms with E-state index in [0.29, 0.717) is 0 Å². The maximum Gasteiger partial charge on any atom is 0.416 e. The van der Waals surface area contributed by atoms with Crippen LogP contribution in [-0.4, -0.2) is 60.7 Å². The van der Waals surface area contributed by atoms with Crippen LogP contribution in [0.1, 0.15) is 41.5 Å². The fraction of sp³-hybridized carbons (Fsp3) is 0.310. The highest BCUT2D eigenvalue weighted by atomic mass is 19.4. The first kappa shape index (κ1) is 33.3. The highest BCUT2D eigenvalue weighted by Gasteiger charge is 2.65. The number of benzene rings is 2. The maximum absolute atomic E-state index is 13.7. The zero-order valence-electron chi connectivity index (χ0n) is 23.6. The lowest BCUT2D eigenvalue weighted by atomic mass is 9.55. The van der Waals surface area contributed by atoms with Crippen LogP contribution in [0.5, 0.6) is 5.75 Å². The third-order valence-electron chi connectivity index (χ3n) is 8.59. The number of aliphatic hydroxyl groups is 4. The number of rotatable bonds is 3. The number of carbonyl (C=O) groups is 4. The summed E-state index contributed by atoms with van der Waals surface area (Å²) in [7, 11) is 0. The number of nitrogens with one attached hydrogen (secondary N) is 2. The molecule has 5 unspecified atom stereocenters. The van der Waals surface area contributed by atoms with E-state index in [9.17, 15) is 71.1 Å². The van der Waals surface area contributed by atoms with E-state index < -0.39 is 128 Å². The van der Waals surface area contributed by atoms with E-state index in [-0.39, 0.29) is 23.8 Å². The Morgan fingerprint density at radius 2 is 1.53 bits per heavy atom. The van der Waals surface area contributed by atoms with Gasteiger partial charge in [-0.1, -0.05) is 13.0 Å². The summed E-state index contributed by atoms with van der Waals surface area (Å²) in [6.45, 7) is 1.44. The summed E-state index contributed by atoms with van der Waals surface area (Å²) in [5.41, 5.74) is -5.11. The predicted molar refractivity (Wildman–Crippen MR) is 147 cm³/mol. The van der Waals surface area contributed by atoms with E-state index in [1.165, 1.54) is 13.0 Å². The zero-order chi connectivity index (χ0) is 35.1. The van der Waals surface area contributed by atoms with Crippen molar-refractivity contribution >= 4 is 40.6 Å². The van der Waals surface area contributed by atoms with Crippen LogP contribution < -0.4 is 16.4 Å². The number of aliphatic hydroxyl groups excluding tert-OH is 3. The highest BCUT2D eigenvalue weighted by Crippen LogP contribution is 2.56. The summed E-state index contributed by atoms with van der Waals surface area (Å²) in [6, 6.07) is 1.18. The van der Waals surface area contributed by atoms with Crippen molar-refractivity contribution in [2.45, 2.75) is 43.3 Å². The van der Waals surface area contributed by atoms with Crippen LogP contribution >= 0.6 is 0 Å². The van der Waals surface area contributed by atoms with Crippen molar-refractivity contribution in [1.29, 1.82) is 0 Å². The Kier molecular flexibility index (Phi) is 7.60. The van der Waals surface area contributed by atoms with Crippen molar-refractivity contribution in [3.05, 3.63) is 69.5 Å². The van der Waals surface area contributed by atoms with Crippen molar-refractivity contribution in [1.82, 2.24) is 0 Å². The number of anilines is 2. The molecule has 0 aliphatic heterocycles. The second kappa shape index (κ2) is 10.7. The smallest absolute Gasteiger partial charge is 0.416 e. The molecule has 9 N–H and O–H groups in total. The number of hydrogen-bond donors (Lipinski definition) is 8. The van der Waals surface area contributed by atoms with Crippen LogP contribution in [0, 0.1) is 11.8 Å². The molecule has 1 fully saturated rings. The van der Waals surface area contributed by atoms with Gasteiger partial charge >= 0.3 is 18.4 Å². The maximum atomic E-state index is 13.7. The minimum atomic E-state index is -5.21. The van der Waals surface area contributed by atoms with Gasteiger partial charge in [-0.15, -0.1) is 0 Å².